The van der Waals surface area contributed by atoms with E-state index in [4.69, 9.17) is 4.52 Å². The topological polar surface area (TPSA) is 65.7 Å². The molecule has 1 aliphatic heterocycles. The van der Waals surface area contributed by atoms with Gasteiger partial charge in [0.15, 0.2) is 11.7 Å². The number of benzene rings is 1. The van der Waals surface area contributed by atoms with Crippen LogP contribution in [0.3, 0.4) is 0 Å². The summed E-state index contributed by atoms with van der Waals surface area (Å²) in [7, 11) is 1.81. The van der Waals surface area contributed by atoms with E-state index in [9.17, 15) is 0 Å². The summed E-state index contributed by atoms with van der Waals surface area (Å²) in [5.41, 5.74) is 1.90. The predicted molar refractivity (Wildman–Crippen MR) is 120 cm³/mol. The van der Waals surface area contributed by atoms with Crippen LogP contribution in [0.1, 0.15) is 31.9 Å². The van der Waals surface area contributed by atoms with E-state index in [1.807, 2.05) is 36.4 Å². The molecule has 7 heteroatoms. The highest BCUT2D eigenvalue weighted by Gasteiger charge is 2.19. The predicted octanol–water partition coefficient (Wildman–Crippen LogP) is 3.50. The zero-order valence-corrected chi connectivity index (χ0v) is 18.5. The minimum absolute atomic E-state index is 0. The molecule has 0 bridgehead atoms. The van der Waals surface area contributed by atoms with Crippen molar-refractivity contribution >= 4 is 29.9 Å². The zero-order valence-electron chi connectivity index (χ0n) is 16.1. The smallest absolute Gasteiger partial charge is 0.191 e. The van der Waals surface area contributed by atoms with Crippen molar-refractivity contribution in [3.8, 4) is 11.3 Å². The second-order valence-electron chi connectivity index (χ2n) is 6.73. The molecule has 0 amide bonds. The largest absolute Gasteiger partial charge is 0.356 e. The van der Waals surface area contributed by atoms with Crippen LogP contribution in [0.4, 0.5) is 0 Å². The highest BCUT2D eigenvalue weighted by atomic mass is 127. The van der Waals surface area contributed by atoms with Gasteiger partial charge in [-0.05, 0) is 25.8 Å². The van der Waals surface area contributed by atoms with Gasteiger partial charge in [-0.2, -0.15) is 0 Å². The van der Waals surface area contributed by atoms with Gasteiger partial charge < -0.3 is 20.1 Å². The summed E-state index contributed by atoms with van der Waals surface area (Å²) in [6.07, 6.45) is 3.54. The lowest BCUT2D eigenvalue weighted by Gasteiger charge is -2.32. The Hall–Kier alpha value is -1.61. The molecule has 1 aliphatic rings. The van der Waals surface area contributed by atoms with E-state index in [0.717, 1.165) is 48.9 Å². The Morgan fingerprint density at radius 2 is 2.00 bits per heavy atom. The summed E-state index contributed by atoms with van der Waals surface area (Å²) >= 11 is 0. The third kappa shape index (κ3) is 6.49. The van der Waals surface area contributed by atoms with Crippen molar-refractivity contribution in [2.24, 2.45) is 4.99 Å². The first-order valence-corrected chi connectivity index (χ1v) is 9.49. The molecule has 2 N–H and O–H groups in total. The molecule has 0 atom stereocenters. The Morgan fingerprint density at radius 1 is 1.26 bits per heavy atom. The molecule has 0 unspecified atom stereocenters. The van der Waals surface area contributed by atoms with Crippen LogP contribution in [0, 0.1) is 0 Å². The number of hydrogen-bond donors (Lipinski definition) is 2. The Morgan fingerprint density at radius 3 is 2.67 bits per heavy atom. The van der Waals surface area contributed by atoms with Crippen LogP contribution in [0.5, 0.6) is 0 Å². The molecule has 2 aromatic rings. The van der Waals surface area contributed by atoms with Crippen LogP contribution in [-0.2, 0) is 6.54 Å². The van der Waals surface area contributed by atoms with Crippen LogP contribution >= 0.6 is 24.0 Å². The number of aliphatic imine (C=N–C) groups is 1. The number of rotatable bonds is 6. The van der Waals surface area contributed by atoms with E-state index >= 15 is 0 Å². The highest BCUT2D eigenvalue weighted by Crippen LogP contribution is 2.19. The SMILES string of the molecule is CCCN1CCC(NC(=NC)NCc2cc(-c3ccccc3)on2)CC1.I. The number of halogens is 1. The molecular formula is C20H30IN5O. The Balaban J connectivity index is 0.00000261. The molecule has 1 aromatic heterocycles. The molecule has 0 aliphatic carbocycles. The van der Waals surface area contributed by atoms with Crippen molar-refractivity contribution in [3.05, 3.63) is 42.1 Å². The van der Waals surface area contributed by atoms with Crippen LogP contribution in [0.15, 0.2) is 45.9 Å². The third-order valence-electron chi connectivity index (χ3n) is 4.75. The Bertz CT molecular complexity index is 695. The van der Waals surface area contributed by atoms with Gasteiger partial charge in [-0.15, -0.1) is 24.0 Å². The molecule has 3 rings (SSSR count). The van der Waals surface area contributed by atoms with E-state index in [0.29, 0.717) is 12.6 Å². The van der Waals surface area contributed by atoms with Crippen LogP contribution < -0.4 is 10.6 Å². The normalized spacial score (nSPS) is 16.0. The van der Waals surface area contributed by atoms with Crippen LogP contribution in [0.2, 0.25) is 0 Å². The van der Waals surface area contributed by atoms with Gasteiger partial charge in [-0.25, -0.2) is 0 Å². The second kappa shape index (κ2) is 11.3. The van der Waals surface area contributed by atoms with Crippen molar-refractivity contribution in [2.75, 3.05) is 26.7 Å². The summed E-state index contributed by atoms with van der Waals surface area (Å²) in [6.45, 7) is 6.35. The highest BCUT2D eigenvalue weighted by molar-refractivity contribution is 14.0. The molecule has 0 saturated carbocycles. The van der Waals surface area contributed by atoms with Crippen molar-refractivity contribution in [3.63, 3.8) is 0 Å². The van der Waals surface area contributed by atoms with E-state index in [1.54, 1.807) is 7.05 Å². The summed E-state index contributed by atoms with van der Waals surface area (Å²) in [4.78, 5) is 6.88. The van der Waals surface area contributed by atoms with Crippen molar-refractivity contribution in [2.45, 2.75) is 38.8 Å². The number of hydrogen-bond acceptors (Lipinski definition) is 4. The summed E-state index contributed by atoms with van der Waals surface area (Å²) < 4.78 is 5.45. The summed E-state index contributed by atoms with van der Waals surface area (Å²) in [5, 5.41) is 11.0. The van der Waals surface area contributed by atoms with Gasteiger partial charge in [0.05, 0.1) is 6.54 Å². The average molecular weight is 483 g/mol. The number of nitrogens with one attached hydrogen (secondary N) is 2. The molecule has 1 fully saturated rings. The number of piperidine rings is 1. The van der Waals surface area contributed by atoms with E-state index in [1.165, 1.54) is 13.0 Å². The first kappa shape index (κ1) is 21.7. The van der Waals surface area contributed by atoms with Gasteiger partial charge in [-0.1, -0.05) is 42.4 Å². The van der Waals surface area contributed by atoms with E-state index in [-0.39, 0.29) is 24.0 Å². The van der Waals surface area contributed by atoms with Crippen molar-refractivity contribution in [1.29, 1.82) is 0 Å². The van der Waals surface area contributed by atoms with Gasteiger partial charge in [0.25, 0.3) is 0 Å². The van der Waals surface area contributed by atoms with Gasteiger partial charge in [-0.3, -0.25) is 4.99 Å². The molecule has 1 aromatic carbocycles. The zero-order chi connectivity index (χ0) is 18.2. The quantitative estimate of drug-likeness (QED) is 0.374. The van der Waals surface area contributed by atoms with Gasteiger partial charge in [0.1, 0.15) is 5.69 Å². The Kier molecular flexibility index (Phi) is 9.06. The minimum Gasteiger partial charge on any atom is -0.356 e. The molecule has 2 heterocycles. The lowest BCUT2D eigenvalue weighted by atomic mass is 10.1. The van der Waals surface area contributed by atoms with Crippen molar-refractivity contribution in [1.82, 2.24) is 20.7 Å². The lowest BCUT2D eigenvalue weighted by molar-refractivity contribution is 0.206. The number of nitrogens with zero attached hydrogens (tertiary/aromatic N) is 3. The fraction of sp³-hybridized carbons (Fsp3) is 0.500. The second-order valence-corrected chi connectivity index (χ2v) is 6.73. The average Bonchev–Trinajstić information content (AvgIpc) is 3.16. The molecular weight excluding hydrogens is 453 g/mol. The van der Waals surface area contributed by atoms with Gasteiger partial charge >= 0.3 is 0 Å². The summed E-state index contributed by atoms with van der Waals surface area (Å²) in [5.74, 6) is 1.61. The lowest BCUT2D eigenvalue weighted by Crippen LogP contribution is -2.48. The third-order valence-corrected chi connectivity index (χ3v) is 4.75. The molecule has 0 radical (unpaired) electrons. The molecule has 148 valence electrons. The monoisotopic (exact) mass is 483 g/mol. The number of guanidine groups is 1. The number of likely N-dealkylation sites (tertiary alicyclic amines) is 1. The van der Waals surface area contributed by atoms with E-state index < -0.39 is 0 Å². The minimum atomic E-state index is 0. The van der Waals surface area contributed by atoms with Crippen molar-refractivity contribution < 1.29 is 4.52 Å². The fourth-order valence-electron chi connectivity index (χ4n) is 3.31. The van der Waals surface area contributed by atoms with Gasteiger partial charge in [0.2, 0.25) is 0 Å². The maximum atomic E-state index is 5.45. The van der Waals surface area contributed by atoms with Gasteiger partial charge in [0, 0.05) is 37.8 Å². The van der Waals surface area contributed by atoms with Crippen LogP contribution in [0.25, 0.3) is 11.3 Å². The maximum absolute atomic E-state index is 5.45. The maximum Gasteiger partial charge on any atom is 0.191 e. The van der Waals surface area contributed by atoms with Crippen LogP contribution in [-0.4, -0.2) is 48.7 Å². The first-order valence-electron chi connectivity index (χ1n) is 9.49. The first-order chi connectivity index (χ1) is 12.8. The molecule has 1 saturated heterocycles. The molecule has 27 heavy (non-hydrogen) atoms. The molecule has 0 spiro atoms. The Labute approximate surface area is 178 Å². The fourth-order valence-corrected chi connectivity index (χ4v) is 3.31. The number of aromatic nitrogens is 1. The van der Waals surface area contributed by atoms with E-state index in [2.05, 4.69) is 32.6 Å². The standard InChI is InChI=1S/C20H29N5O.HI/c1-3-11-25-12-9-17(10-13-25)23-20(21-2)22-15-18-14-19(26-24-18)16-7-5-4-6-8-16;/h4-8,14,17H,3,9-13,15H2,1-2H3,(H2,21,22,23);1H. The molecule has 6 nitrogen and oxygen atoms in total. The summed E-state index contributed by atoms with van der Waals surface area (Å²) in [6, 6.07) is 12.5.